The van der Waals surface area contributed by atoms with Crippen molar-refractivity contribution in [3.05, 3.63) is 40.2 Å². The normalized spacial score (nSPS) is 25.7. The molecular formula is C19H22N2O3. The van der Waals surface area contributed by atoms with Gasteiger partial charge in [0.1, 0.15) is 12.9 Å². The largest absolute Gasteiger partial charge is 0.371 e. The van der Waals surface area contributed by atoms with Crippen LogP contribution in [0.1, 0.15) is 48.3 Å². The van der Waals surface area contributed by atoms with E-state index in [0.29, 0.717) is 30.6 Å². The average molecular weight is 326 g/mol. The van der Waals surface area contributed by atoms with Crippen LogP contribution >= 0.6 is 0 Å². The van der Waals surface area contributed by atoms with Crippen LogP contribution in [-0.4, -0.2) is 32.2 Å². The summed E-state index contributed by atoms with van der Waals surface area (Å²) in [6.07, 6.45) is 4.37. The number of nitriles is 1. The molecule has 5 heteroatoms. The van der Waals surface area contributed by atoms with Crippen molar-refractivity contribution in [1.82, 2.24) is 0 Å². The summed E-state index contributed by atoms with van der Waals surface area (Å²) in [4.78, 5) is 3.64. The molecule has 24 heavy (non-hydrogen) atoms. The van der Waals surface area contributed by atoms with Gasteiger partial charge in [-0.2, -0.15) is 5.26 Å². The molecule has 1 aromatic carbocycles. The second-order valence-corrected chi connectivity index (χ2v) is 6.50. The molecule has 1 aromatic rings. The summed E-state index contributed by atoms with van der Waals surface area (Å²) in [6.45, 7) is 11.1. The molecule has 1 heterocycles. The number of aryl methyl sites for hydroxylation is 1. The van der Waals surface area contributed by atoms with E-state index in [1.165, 1.54) is 0 Å². The third-order valence-electron chi connectivity index (χ3n) is 4.85. The molecule has 1 saturated heterocycles. The molecule has 0 radical (unpaired) electrons. The van der Waals surface area contributed by atoms with E-state index in [1.54, 1.807) is 0 Å². The van der Waals surface area contributed by atoms with Gasteiger partial charge in [-0.1, -0.05) is 12.1 Å². The molecule has 0 N–H and O–H groups in total. The SMILES string of the molecule is [C-]#[N+]c1c(C2CCC(OCOCC3CO3)CC2)ccc(C)c1C#N. The Hall–Kier alpha value is -1.92. The predicted molar refractivity (Wildman–Crippen MR) is 88.8 cm³/mol. The summed E-state index contributed by atoms with van der Waals surface area (Å²) in [5.41, 5.74) is 2.96. The molecule has 0 bridgehead atoms. The lowest BCUT2D eigenvalue weighted by molar-refractivity contribution is -0.102. The van der Waals surface area contributed by atoms with E-state index in [-0.39, 0.29) is 12.2 Å². The second kappa shape index (κ2) is 7.77. The van der Waals surface area contributed by atoms with Gasteiger partial charge < -0.3 is 14.2 Å². The smallest absolute Gasteiger partial charge is 0.208 e. The topological polar surface area (TPSA) is 59.1 Å². The Morgan fingerprint density at radius 2 is 2.08 bits per heavy atom. The quantitative estimate of drug-likeness (QED) is 0.345. The molecule has 3 rings (SSSR count). The zero-order chi connectivity index (χ0) is 16.9. The Morgan fingerprint density at radius 1 is 1.33 bits per heavy atom. The lowest BCUT2D eigenvalue weighted by atomic mass is 9.81. The summed E-state index contributed by atoms with van der Waals surface area (Å²) in [6, 6.07) is 6.17. The highest BCUT2D eigenvalue weighted by Crippen LogP contribution is 2.40. The van der Waals surface area contributed by atoms with Gasteiger partial charge in [-0.05, 0) is 49.7 Å². The number of benzene rings is 1. The van der Waals surface area contributed by atoms with Crippen molar-refractivity contribution in [3.8, 4) is 6.07 Å². The minimum Gasteiger partial charge on any atom is -0.371 e. The number of hydrogen-bond acceptors (Lipinski definition) is 4. The Kier molecular flexibility index (Phi) is 5.48. The number of nitrogens with zero attached hydrogens (tertiary/aromatic N) is 2. The standard InChI is InChI=1S/C19H22N2O3/c1-13-3-8-17(19(21-2)18(13)9-20)14-4-6-15(7-5-14)24-12-22-10-16-11-23-16/h3,8,14-16H,4-7,10-12H2,1H3. The van der Waals surface area contributed by atoms with Gasteiger partial charge in [-0.15, -0.1) is 0 Å². The van der Waals surface area contributed by atoms with E-state index < -0.39 is 0 Å². The van der Waals surface area contributed by atoms with Crippen molar-refractivity contribution in [2.24, 2.45) is 0 Å². The highest BCUT2D eigenvalue weighted by atomic mass is 16.7. The Bertz CT molecular complexity index is 662. The van der Waals surface area contributed by atoms with E-state index >= 15 is 0 Å². The van der Waals surface area contributed by atoms with Crippen LogP contribution in [0.15, 0.2) is 12.1 Å². The van der Waals surface area contributed by atoms with Crippen molar-refractivity contribution in [3.63, 3.8) is 0 Å². The molecule has 1 unspecified atom stereocenters. The van der Waals surface area contributed by atoms with Gasteiger partial charge in [0, 0.05) is 0 Å². The van der Waals surface area contributed by atoms with Crippen LogP contribution in [-0.2, 0) is 14.2 Å². The molecular weight excluding hydrogens is 304 g/mol. The first-order chi connectivity index (χ1) is 11.7. The van der Waals surface area contributed by atoms with Gasteiger partial charge in [0.2, 0.25) is 5.69 Å². The molecule has 2 aliphatic rings. The number of rotatable bonds is 6. The van der Waals surface area contributed by atoms with Gasteiger partial charge in [-0.3, -0.25) is 0 Å². The highest BCUT2D eigenvalue weighted by molar-refractivity contribution is 5.67. The van der Waals surface area contributed by atoms with Crippen LogP contribution in [0.5, 0.6) is 0 Å². The molecule has 0 spiro atoms. The predicted octanol–water partition coefficient (Wildman–Crippen LogP) is 3.83. The zero-order valence-corrected chi connectivity index (χ0v) is 14.0. The second-order valence-electron chi connectivity index (χ2n) is 6.50. The van der Waals surface area contributed by atoms with Gasteiger partial charge in [0.15, 0.2) is 0 Å². The van der Waals surface area contributed by atoms with Crippen molar-refractivity contribution < 1.29 is 14.2 Å². The van der Waals surface area contributed by atoms with Crippen molar-refractivity contribution >= 4 is 5.69 Å². The fraction of sp³-hybridized carbons (Fsp3) is 0.579. The van der Waals surface area contributed by atoms with Crippen LogP contribution in [0.2, 0.25) is 0 Å². The summed E-state index contributed by atoms with van der Waals surface area (Å²) >= 11 is 0. The van der Waals surface area contributed by atoms with Crippen molar-refractivity contribution in [1.29, 1.82) is 5.26 Å². The van der Waals surface area contributed by atoms with Crippen LogP contribution in [0.25, 0.3) is 4.85 Å². The number of ether oxygens (including phenoxy) is 3. The maximum Gasteiger partial charge on any atom is 0.208 e. The highest BCUT2D eigenvalue weighted by Gasteiger charge is 2.26. The zero-order valence-electron chi connectivity index (χ0n) is 14.0. The monoisotopic (exact) mass is 326 g/mol. The summed E-state index contributed by atoms with van der Waals surface area (Å²) in [7, 11) is 0. The summed E-state index contributed by atoms with van der Waals surface area (Å²) in [5.74, 6) is 0.336. The van der Waals surface area contributed by atoms with Crippen molar-refractivity contribution in [2.75, 3.05) is 20.0 Å². The summed E-state index contributed by atoms with van der Waals surface area (Å²) in [5, 5.41) is 9.32. The molecule has 0 aromatic heterocycles. The third-order valence-corrected chi connectivity index (χ3v) is 4.85. The third kappa shape index (κ3) is 3.94. The first-order valence-corrected chi connectivity index (χ1v) is 8.45. The van der Waals surface area contributed by atoms with Gasteiger partial charge in [-0.25, -0.2) is 4.85 Å². The van der Waals surface area contributed by atoms with Crippen LogP contribution in [0, 0.1) is 24.8 Å². The molecule has 0 amide bonds. The summed E-state index contributed by atoms with van der Waals surface area (Å²) < 4.78 is 16.3. The number of hydrogen-bond donors (Lipinski definition) is 0. The van der Waals surface area contributed by atoms with E-state index in [9.17, 15) is 5.26 Å². The Balaban J connectivity index is 1.54. The molecule has 1 aliphatic heterocycles. The lowest BCUT2D eigenvalue weighted by Gasteiger charge is -2.29. The fourth-order valence-corrected chi connectivity index (χ4v) is 3.33. The lowest BCUT2D eigenvalue weighted by Crippen LogP contribution is -2.22. The van der Waals surface area contributed by atoms with Crippen LogP contribution in [0.4, 0.5) is 5.69 Å². The maximum atomic E-state index is 9.32. The minimum atomic E-state index is 0.221. The molecule has 2 fully saturated rings. The van der Waals surface area contributed by atoms with E-state index in [0.717, 1.165) is 43.4 Å². The van der Waals surface area contributed by atoms with Gasteiger partial charge in [0.05, 0.1) is 37.5 Å². The Labute approximate surface area is 142 Å². The maximum absolute atomic E-state index is 9.32. The first kappa shape index (κ1) is 16.9. The van der Waals surface area contributed by atoms with E-state index in [1.807, 2.05) is 19.1 Å². The first-order valence-electron chi connectivity index (χ1n) is 8.45. The Morgan fingerprint density at radius 3 is 2.71 bits per heavy atom. The van der Waals surface area contributed by atoms with Crippen molar-refractivity contribution in [2.45, 2.75) is 50.7 Å². The van der Waals surface area contributed by atoms with Crippen LogP contribution in [0.3, 0.4) is 0 Å². The minimum absolute atomic E-state index is 0.221. The molecule has 1 saturated carbocycles. The van der Waals surface area contributed by atoms with Gasteiger partial charge in [0.25, 0.3) is 0 Å². The molecule has 5 nitrogen and oxygen atoms in total. The molecule has 1 atom stereocenters. The number of epoxide rings is 1. The molecule has 126 valence electrons. The van der Waals surface area contributed by atoms with E-state index in [2.05, 4.69) is 10.9 Å². The van der Waals surface area contributed by atoms with E-state index in [4.69, 9.17) is 20.8 Å². The van der Waals surface area contributed by atoms with Crippen LogP contribution < -0.4 is 0 Å². The molecule has 1 aliphatic carbocycles. The fourth-order valence-electron chi connectivity index (χ4n) is 3.33. The average Bonchev–Trinajstić information content (AvgIpc) is 3.43. The van der Waals surface area contributed by atoms with Gasteiger partial charge >= 0.3 is 0 Å².